The van der Waals surface area contributed by atoms with Gasteiger partial charge in [-0.05, 0) is 24.6 Å². The quantitative estimate of drug-likeness (QED) is 0.878. The first kappa shape index (κ1) is 14.4. The fourth-order valence-corrected chi connectivity index (χ4v) is 2.07. The molecule has 20 heavy (non-hydrogen) atoms. The summed E-state index contributed by atoms with van der Waals surface area (Å²) in [5.74, 6) is 1.35. The van der Waals surface area contributed by atoms with Crippen molar-refractivity contribution < 1.29 is 14.6 Å². The van der Waals surface area contributed by atoms with Crippen LogP contribution in [-0.2, 0) is 13.0 Å². The number of methoxy groups -OCH3 is 2. The fraction of sp³-hybridized carbons (Fsp3) is 0.400. The minimum absolute atomic E-state index is 0.510. The van der Waals surface area contributed by atoms with Gasteiger partial charge in [0.25, 0.3) is 0 Å². The molecular formula is C15H20N2O3. The highest BCUT2D eigenvalue weighted by Gasteiger charge is 2.12. The van der Waals surface area contributed by atoms with Crippen molar-refractivity contribution in [1.29, 1.82) is 0 Å². The number of ether oxygens (including phenoxy) is 2. The molecule has 1 aromatic heterocycles. The van der Waals surface area contributed by atoms with E-state index in [4.69, 9.17) is 9.47 Å². The molecule has 0 bridgehead atoms. The van der Waals surface area contributed by atoms with Crippen LogP contribution in [0.1, 0.15) is 24.2 Å². The van der Waals surface area contributed by atoms with E-state index in [1.54, 1.807) is 25.1 Å². The molecule has 108 valence electrons. The van der Waals surface area contributed by atoms with Gasteiger partial charge < -0.3 is 14.6 Å². The molecule has 0 saturated heterocycles. The van der Waals surface area contributed by atoms with Crippen LogP contribution in [0.15, 0.2) is 30.6 Å². The van der Waals surface area contributed by atoms with Crippen LogP contribution >= 0.6 is 0 Å². The first-order valence-corrected chi connectivity index (χ1v) is 6.59. The average molecular weight is 276 g/mol. The second-order valence-corrected chi connectivity index (χ2v) is 4.54. The minimum atomic E-state index is -0.576. The van der Waals surface area contributed by atoms with Crippen molar-refractivity contribution >= 4 is 0 Å². The molecule has 0 amide bonds. The summed E-state index contributed by atoms with van der Waals surface area (Å²) in [7, 11) is 3.20. The van der Waals surface area contributed by atoms with Gasteiger partial charge in [0.1, 0.15) is 0 Å². The summed E-state index contributed by atoms with van der Waals surface area (Å²) in [6, 6.07) is 5.65. The van der Waals surface area contributed by atoms with E-state index in [0.717, 1.165) is 17.7 Å². The molecule has 1 aromatic carbocycles. The van der Waals surface area contributed by atoms with E-state index < -0.39 is 6.10 Å². The molecule has 0 radical (unpaired) electrons. The Morgan fingerprint density at radius 1 is 1.25 bits per heavy atom. The molecule has 2 aromatic rings. The number of aryl methyl sites for hydroxylation is 1. The van der Waals surface area contributed by atoms with Crippen molar-refractivity contribution in [3.63, 3.8) is 0 Å². The van der Waals surface area contributed by atoms with E-state index in [1.807, 2.05) is 31.3 Å². The molecule has 0 aliphatic rings. The maximum atomic E-state index is 10.2. The number of aromatic nitrogens is 2. The molecule has 1 atom stereocenters. The lowest BCUT2D eigenvalue weighted by Gasteiger charge is -2.12. The van der Waals surface area contributed by atoms with E-state index in [0.29, 0.717) is 17.9 Å². The Kier molecular flexibility index (Phi) is 4.63. The number of nitrogens with zero attached hydrogens (tertiary/aromatic N) is 2. The van der Waals surface area contributed by atoms with E-state index in [-0.39, 0.29) is 0 Å². The standard InChI is InChI=1S/C15H20N2O3/c1-4-17-10-12(9-16-17)13(18)7-11-5-6-14(19-2)15(8-11)20-3/h5-6,8-10,13,18H,4,7H2,1-3H3. The van der Waals surface area contributed by atoms with Crippen LogP contribution in [0.3, 0.4) is 0 Å². The predicted molar refractivity (Wildman–Crippen MR) is 76.1 cm³/mol. The van der Waals surface area contributed by atoms with Crippen molar-refractivity contribution in [2.45, 2.75) is 26.0 Å². The van der Waals surface area contributed by atoms with Gasteiger partial charge in [-0.1, -0.05) is 6.07 Å². The normalized spacial score (nSPS) is 12.2. The lowest BCUT2D eigenvalue weighted by Crippen LogP contribution is -2.02. The third kappa shape index (κ3) is 3.11. The number of hydrogen-bond acceptors (Lipinski definition) is 4. The minimum Gasteiger partial charge on any atom is -0.493 e. The van der Waals surface area contributed by atoms with Crippen molar-refractivity contribution in [1.82, 2.24) is 9.78 Å². The predicted octanol–water partition coefficient (Wildman–Crippen LogP) is 2.20. The highest BCUT2D eigenvalue weighted by molar-refractivity contribution is 5.43. The van der Waals surface area contributed by atoms with E-state index in [2.05, 4.69) is 5.10 Å². The maximum Gasteiger partial charge on any atom is 0.160 e. The van der Waals surface area contributed by atoms with Gasteiger partial charge in [-0.25, -0.2) is 0 Å². The van der Waals surface area contributed by atoms with Gasteiger partial charge in [0.15, 0.2) is 11.5 Å². The smallest absolute Gasteiger partial charge is 0.160 e. The average Bonchev–Trinajstić information content (AvgIpc) is 2.96. The molecule has 0 fully saturated rings. The summed E-state index contributed by atoms with van der Waals surface area (Å²) >= 11 is 0. The number of rotatable bonds is 6. The molecule has 1 unspecified atom stereocenters. The lowest BCUT2D eigenvalue weighted by atomic mass is 10.0. The van der Waals surface area contributed by atoms with Gasteiger partial charge >= 0.3 is 0 Å². The first-order valence-electron chi connectivity index (χ1n) is 6.59. The molecule has 1 heterocycles. The van der Waals surface area contributed by atoms with E-state index in [9.17, 15) is 5.11 Å². The highest BCUT2D eigenvalue weighted by Crippen LogP contribution is 2.29. The molecule has 1 N–H and O–H groups in total. The number of benzene rings is 1. The summed E-state index contributed by atoms with van der Waals surface area (Å²) in [5.41, 5.74) is 1.81. The summed E-state index contributed by atoms with van der Waals surface area (Å²) in [5, 5.41) is 14.4. The van der Waals surface area contributed by atoms with Crippen molar-refractivity contribution in [3.8, 4) is 11.5 Å². The molecule has 0 aliphatic heterocycles. The van der Waals surface area contributed by atoms with Crippen LogP contribution in [0.5, 0.6) is 11.5 Å². The Labute approximate surface area is 118 Å². The molecular weight excluding hydrogens is 256 g/mol. The van der Waals surface area contributed by atoms with E-state index >= 15 is 0 Å². The van der Waals surface area contributed by atoms with Gasteiger partial charge in [0.05, 0.1) is 26.5 Å². The van der Waals surface area contributed by atoms with Gasteiger partial charge in [0.2, 0.25) is 0 Å². The lowest BCUT2D eigenvalue weighted by molar-refractivity contribution is 0.178. The Hall–Kier alpha value is -2.01. The van der Waals surface area contributed by atoms with Gasteiger partial charge in [-0.2, -0.15) is 5.10 Å². The Morgan fingerprint density at radius 2 is 2.00 bits per heavy atom. The number of hydrogen-bond donors (Lipinski definition) is 1. The number of aliphatic hydroxyl groups is 1. The molecule has 2 rings (SSSR count). The maximum absolute atomic E-state index is 10.2. The van der Waals surface area contributed by atoms with Gasteiger partial charge in [-0.3, -0.25) is 4.68 Å². The molecule has 5 nitrogen and oxygen atoms in total. The van der Waals surface area contributed by atoms with E-state index in [1.165, 1.54) is 0 Å². The van der Waals surface area contributed by atoms with Crippen molar-refractivity contribution in [2.75, 3.05) is 14.2 Å². The Balaban J connectivity index is 2.12. The van der Waals surface area contributed by atoms with Crippen LogP contribution < -0.4 is 9.47 Å². The number of aliphatic hydroxyl groups excluding tert-OH is 1. The largest absolute Gasteiger partial charge is 0.493 e. The van der Waals surface area contributed by atoms with Crippen LogP contribution in [0, 0.1) is 0 Å². The monoisotopic (exact) mass is 276 g/mol. The van der Waals surface area contributed by atoms with Gasteiger partial charge in [0, 0.05) is 24.7 Å². The van der Waals surface area contributed by atoms with Crippen molar-refractivity contribution in [3.05, 3.63) is 41.7 Å². The zero-order valence-electron chi connectivity index (χ0n) is 12.0. The fourth-order valence-electron chi connectivity index (χ4n) is 2.07. The van der Waals surface area contributed by atoms with Crippen LogP contribution in [0.25, 0.3) is 0 Å². The zero-order chi connectivity index (χ0) is 14.5. The summed E-state index contributed by atoms with van der Waals surface area (Å²) in [6.07, 6.45) is 3.50. The van der Waals surface area contributed by atoms with Gasteiger partial charge in [-0.15, -0.1) is 0 Å². The second kappa shape index (κ2) is 6.43. The molecule has 0 saturated carbocycles. The molecule has 0 spiro atoms. The van der Waals surface area contributed by atoms with Crippen LogP contribution in [0.2, 0.25) is 0 Å². The Morgan fingerprint density at radius 3 is 2.60 bits per heavy atom. The second-order valence-electron chi connectivity index (χ2n) is 4.54. The SMILES string of the molecule is CCn1cc(C(O)Cc2ccc(OC)c(OC)c2)cn1. The third-order valence-corrected chi connectivity index (χ3v) is 3.24. The van der Waals surface area contributed by atoms with Crippen molar-refractivity contribution in [2.24, 2.45) is 0 Å². The molecule has 5 heteroatoms. The summed E-state index contributed by atoms with van der Waals surface area (Å²) < 4.78 is 12.3. The summed E-state index contributed by atoms with van der Waals surface area (Å²) in [6.45, 7) is 2.81. The third-order valence-electron chi connectivity index (χ3n) is 3.24. The molecule has 0 aliphatic carbocycles. The Bertz CT molecular complexity index is 566. The van der Waals surface area contributed by atoms with Crippen LogP contribution in [-0.4, -0.2) is 29.1 Å². The topological polar surface area (TPSA) is 56.5 Å². The highest BCUT2D eigenvalue weighted by atomic mass is 16.5. The zero-order valence-corrected chi connectivity index (χ0v) is 12.0. The first-order chi connectivity index (χ1) is 9.67. The van der Waals surface area contributed by atoms with Crippen LogP contribution in [0.4, 0.5) is 0 Å². The summed E-state index contributed by atoms with van der Waals surface area (Å²) in [4.78, 5) is 0.